The summed E-state index contributed by atoms with van der Waals surface area (Å²) in [5, 5.41) is 11.6. The number of carbonyl (C=O) groups excluding carboxylic acids is 2. The van der Waals surface area contributed by atoms with Crippen LogP contribution in [-0.4, -0.2) is 54.1 Å². The number of nitrogens with two attached hydrogens (primary N) is 1. The average molecular weight is 285 g/mol. The summed E-state index contributed by atoms with van der Waals surface area (Å²) in [5.74, 6) is 0.0644. The van der Waals surface area contributed by atoms with Gasteiger partial charge in [-0.1, -0.05) is 13.8 Å². The van der Waals surface area contributed by atoms with E-state index in [2.05, 4.69) is 5.32 Å². The van der Waals surface area contributed by atoms with E-state index in [1.807, 2.05) is 13.8 Å². The van der Waals surface area contributed by atoms with Crippen molar-refractivity contribution >= 4 is 11.8 Å². The lowest BCUT2D eigenvalue weighted by molar-refractivity contribution is -0.134. The first-order valence-corrected chi connectivity index (χ1v) is 7.37. The summed E-state index contributed by atoms with van der Waals surface area (Å²) < 4.78 is 0. The Morgan fingerprint density at radius 1 is 1.45 bits per heavy atom. The largest absolute Gasteiger partial charge is 0.396 e. The maximum Gasteiger partial charge on any atom is 0.241 e. The van der Waals surface area contributed by atoms with Crippen LogP contribution in [0.5, 0.6) is 0 Å². The topological polar surface area (TPSA) is 95.7 Å². The predicted molar refractivity (Wildman–Crippen MR) is 76.8 cm³/mol. The SMILES string of the molecule is CC(C)[C@H](N)C(=O)NCC(=O)N1CCCC(CCO)C1. The van der Waals surface area contributed by atoms with E-state index in [0.29, 0.717) is 12.5 Å². The van der Waals surface area contributed by atoms with Crippen LogP contribution in [0.4, 0.5) is 0 Å². The van der Waals surface area contributed by atoms with Crippen molar-refractivity contribution in [2.45, 2.75) is 39.2 Å². The second kappa shape index (κ2) is 8.21. The number of likely N-dealkylation sites (tertiary alicyclic amines) is 1. The molecule has 4 N–H and O–H groups in total. The third-order valence-electron chi connectivity index (χ3n) is 3.84. The van der Waals surface area contributed by atoms with E-state index in [0.717, 1.165) is 25.8 Å². The third kappa shape index (κ3) is 5.09. The highest BCUT2D eigenvalue weighted by atomic mass is 16.3. The first kappa shape index (κ1) is 16.9. The molecule has 0 aliphatic carbocycles. The molecule has 0 saturated carbocycles. The molecular formula is C14H27N3O3. The maximum atomic E-state index is 12.1. The third-order valence-corrected chi connectivity index (χ3v) is 3.84. The fourth-order valence-electron chi connectivity index (χ4n) is 2.40. The summed E-state index contributed by atoms with van der Waals surface area (Å²) in [4.78, 5) is 25.5. The first-order valence-electron chi connectivity index (χ1n) is 7.37. The van der Waals surface area contributed by atoms with Crippen molar-refractivity contribution in [3.8, 4) is 0 Å². The summed E-state index contributed by atoms with van der Waals surface area (Å²) >= 11 is 0. The highest BCUT2D eigenvalue weighted by Crippen LogP contribution is 2.19. The number of carbonyl (C=O) groups is 2. The molecule has 2 amide bonds. The van der Waals surface area contributed by atoms with Gasteiger partial charge in [0.25, 0.3) is 0 Å². The van der Waals surface area contributed by atoms with Gasteiger partial charge in [-0.2, -0.15) is 0 Å². The highest BCUT2D eigenvalue weighted by molar-refractivity contribution is 5.87. The van der Waals surface area contributed by atoms with Gasteiger partial charge in [0.15, 0.2) is 0 Å². The van der Waals surface area contributed by atoms with Crippen molar-refractivity contribution in [1.29, 1.82) is 0 Å². The van der Waals surface area contributed by atoms with E-state index < -0.39 is 6.04 Å². The molecule has 20 heavy (non-hydrogen) atoms. The summed E-state index contributed by atoms with van der Waals surface area (Å²) in [7, 11) is 0. The molecule has 116 valence electrons. The molecule has 0 aromatic heterocycles. The zero-order valence-electron chi connectivity index (χ0n) is 12.5. The molecule has 1 aliphatic heterocycles. The smallest absolute Gasteiger partial charge is 0.241 e. The van der Waals surface area contributed by atoms with Crippen LogP contribution in [0.15, 0.2) is 0 Å². The molecule has 6 heteroatoms. The van der Waals surface area contributed by atoms with E-state index in [1.165, 1.54) is 0 Å². The average Bonchev–Trinajstić information content (AvgIpc) is 2.44. The van der Waals surface area contributed by atoms with Gasteiger partial charge in [-0.3, -0.25) is 9.59 Å². The van der Waals surface area contributed by atoms with Crippen LogP contribution in [0.3, 0.4) is 0 Å². The Balaban J connectivity index is 2.37. The minimum atomic E-state index is -0.578. The van der Waals surface area contributed by atoms with Gasteiger partial charge >= 0.3 is 0 Å². The van der Waals surface area contributed by atoms with Gasteiger partial charge in [0.05, 0.1) is 12.6 Å². The van der Waals surface area contributed by atoms with Crippen molar-refractivity contribution < 1.29 is 14.7 Å². The Morgan fingerprint density at radius 2 is 2.15 bits per heavy atom. The number of aliphatic hydroxyl groups is 1. The number of hydrogen-bond acceptors (Lipinski definition) is 4. The lowest BCUT2D eigenvalue weighted by Crippen LogP contribution is -2.49. The summed E-state index contributed by atoms with van der Waals surface area (Å²) in [6.45, 7) is 5.31. The van der Waals surface area contributed by atoms with Crippen molar-refractivity contribution in [3.05, 3.63) is 0 Å². The molecule has 1 fully saturated rings. The second-order valence-corrected chi connectivity index (χ2v) is 5.85. The molecular weight excluding hydrogens is 258 g/mol. The van der Waals surface area contributed by atoms with Crippen molar-refractivity contribution in [2.75, 3.05) is 26.2 Å². The van der Waals surface area contributed by atoms with E-state index in [1.54, 1.807) is 4.90 Å². The normalized spacial score (nSPS) is 20.9. The van der Waals surface area contributed by atoms with Crippen molar-refractivity contribution in [3.63, 3.8) is 0 Å². The predicted octanol–water partition coefficient (Wildman–Crippen LogP) is -0.293. The number of aliphatic hydroxyl groups excluding tert-OH is 1. The standard InChI is InChI=1S/C14H27N3O3/c1-10(2)13(15)14(20)16-8-12(19)17-6-3-4-11(9-17)5-7-18/h10-11,13,18H,3-9,15H2,1-2H3,(H,16,20)/t11?,13-/m0/s1. The van der Waals surface area contributed by atoms with Crippen LogP contribution in [-0.2, 0) is 9.59 Å². The molecule has 1 rings (SSSR count). The Bertz CT molecular complexity index is 332. The molecule has 6 nitrogen and oxygen atoms in total. The van der Waals surface area contributed by atoms with Crippen molar-refractivity contribution in [1.82, 2.24) is 10.2 Å². The van der Waals surface area contributed by atoms with Gasteiger partial charge < -0.3 is 21.1 Å². The minimum Gasteiger partial charge on any atom is -0.396 e. The minimum absolute atomic E-state index is 0.00506. The Morgan fingerprint density at radius 3 is 2.75 bits per heavy atom. The molecule has 0 bridgehead atoms. The van der Waals surface area contributed by atoms with Gasteiger partial charge in [0.2, 0.25) is 11.8 Å². The number of hydrogen-bond donors (Lipinski definition) is 3. The van der Waals surface area contributed by atoms with Gasteiger partial charge in [-0.05, 0) is 31.1 Å². The van der Waals surface area contributed by atoms with Gasteiger partial charge in [0, 0.05) is 19.7 Å². The fraction of sp³-hybridized carbons (Fsp3) is 0.857. The first-order chi connectivity index (χ1) is 9.45. The second-order valence-electron chi connectivity index (χ2n) is 5.85. The molecule has 1 aliphatic rings. The summed E-state index contributed by atoms with van der Waals surface area (Å²) in [6.07, 6.45) is 2.74. The molecule has 0 spiro atoms. The van der Waals surface area contributed by atoms with Crippen molar-refractivity contribution in [2.24, 2.45) is 17.6 Å². The van der Waals surface area contributed by atoms with Gasteiger partial charge in [-0.25, -0.2) is 0 Å². The molecule has 0 aromatic carbocycles. The van der Waals surface area contributed by atoms with Crippen LogP contribution in [0.2, 0.25) is 0 Å². The highest BCUT2D eigenvalue weighted by Gasteiger charge is 2.24. The van der Waals surface area contributed by atoms with Crippen LogP contribution in [0, 0.1) is 11.8 Å². The summed E-state index contributed by atoms with van der Waals surface area (Å²) in [5.41, 5.74) is 5.72. The van der Waals surface area contributed by atoms with Crippen LogP contribution in [0.25, 0.3) is 0 Å². The zero-order valence-corrected chi connectivity index (χ0v) is 12.5. The van der Waals surface area contributed by atoms with E-state index in [9.17, 15) is 9.59 Å². The molecule has 1 saturated heterocycles. The quantitative estimate of drug-likeness (QED) is 0.625. The van der Waals surface area contributed by atoms with Gasteiger partial charge in [0.1, 0.15) is 0 Å². The number of piperidine rings is 1. The summed E-state index contributed by atoms with van der Waals surface area (Å²) in [6, 6.07) is -0.578. The molecule has 2 atom stereocenters. The van der Waals surface area contributed by atoms with E-state index in [4.69, 9.17) is 10.8 Å². The van der Waals surface area contributed by atoms with Crippen LogP contribution in [0.1, 0.15) is 33.1 Å². The van der Waals surface area contributed by atoms with E-state index >= 15 is 0 Å². The molecule has 1 heterocycles. The lowest BCUT2D eigenvalue weighted by atomic mass is 9.95. The van der Waals surface area contributed by atoms with E-state index in [-0.39, 0.29) is 30.9 Å². The monoisotopic (exact) mass is 285 g/mol. The van der Waals surface area contributed by atoms with Crippen LogP contribution < -0.4 is 11.1 Å². The number of nitrogens with zero attached hydrogens (tertiary/aromatic N) is 1. The lowest BCUT2D eigenvalue weighted by Gasteiger charge is -2.32. The molecule has 1 unspecified atom stereocenters. The van der Waals surface area contributed by atoms with Crippen LogP contribution >= 0.6 is 0 Å². The number of rotatable bonds is 6. The zero-order chi connectivity index (χ0) is 15.1. The molecule has 0 radical (unpaired) electrons. The Hall–Kier alpha value is -1.14. The van der Waals surface area contributed by atoms with Gasteiger partial charge in [-0.15, -0.1) is 0 Å². The number of nitrogens with one attached hydrogen (secondary N) is 1. The molecule has 0 aromatic rings. The number of amides is 2. The Labute approximate surface area is 120 Å². The fourth-order valence-corrected chi connectivity index (χ4v) is 2.40. The maximum absolute atomic E-state index is 12.1. The Kier molecular flexibility index (Phi) is 6.95.